The first-order valence-electron chi connectivity index (χ1n) is 6.55. The van der Waals surface area contributed by atoms with Gasteiger partial charge in [-0.25, -0.2) is 5.43 Å². The van der Waals surface area contributed by atoms with Crippen molar-refractivity contribution in [3.05, 3.63) is 59.7 Å². The Morgan fingerprint density at radius 3 is 2.41 bits per heavy atom. The normalized spacial score (nSPS) is 10.4. The van der Waals surface area contributed by atoms with Crippen LogP contribution in [-0.2, 0) is 4.79 Å². The molecular weight excluding hydrogens is 282 g/mol. The summed E-state index contributed by atoms with van der Waals surface area (Å²) in [5, 5.41) is 16.0. The van der Waals surface area contributed by atoms with Crippen LogP contribution in [0.1, 0.15) is 22.8 Å². The molecule has 0 spiro atoms. The second-order valence-corrected chi connectivity index (χ2v) is 4.52. The van der Waals surface area contributed by atoms with Gasteiger partial charge in [-0.2, -0.15) is 5.10 Å². The molecule has 3 N–H and O–H groups in total. The Morgan fingerprint density at radius 1 is 1.09 bits per heavy atom. The highest BCUT2D eigenvalue weighted by molar-refractivity contribution is 5.97. The third-order valence-electron chi connectivity index (χ3n) is 2.76. The molecule has 0 radical (unpaired) electrons. The maximum Gasteiger partial charge on any atom is 0.275 e. The largest absolute Gasteiger partial charge is 0.507 e. The summed E-state index contributed by atoms with van der Waals surface area (Å²) in [6.07, 6.45) is 1.47. The van der Waals surface area contributed by atoms with Crippen molar-refractivity contribution >= 4 is 23.7 Å². The zero-order valence-corrected chi connectivity index (χ0v) is 11.9. The molecule has 0 unspecified atom stereocenters. The van der Waals surface area contributed by atoms with Crippen molar-refractivity contribution in [1.82, 2.24) is 5.43 Å². The van der Waals surface area contributed by atoms with Gasteiger partial charge in [-0.3, -0.25) is 9.59 Å². The van der Waals surface area contributed by atoms with Gasteiger partial charge in [-0.15, -0.1) is 0 Å². The first-order valence-corrected chi connectivity index (χ1v) is 6.55. The summed E-state index contributed by atoms with van der Waals surface area (Å²) in [5.74, 6) is -0.740. The fourth-order valence-corrected chi connectivity index (χ4v) is 1.75. The van der Waals surface area contributed by atoms with Crippen LogP contribution in [0.3, 0.4) is 0 Å². The average Bonchev–Trinajstić information content (AvgIpc) is 2.49. The first-order chi connectivity index (χ1) is 10.6. The van der Waals surface area contributed by atoms with Crippen LogP contribution >= 0.6 is 0 Å². The van der Waals surface area contributed by atoms with E-state index in [1.165, 1.54) is 25.3 Å². The minimum atomic E-state index is -0.496. The van der Waals surface area contributed by atoms with E-state index < -0.39 is 5.91 Å². The highest BCUT2D eigenvalue weighted by atomic mass is 16.3. The van der Waals surface area contributed by atoms with E-state index in [1.54, 1.807) is 36.4 Å². The Bertz CT molecular complexity index is 709. The van der Waals surface area contributed by atoms with E-state index in [9.17, 15) is 14.7 Å². The lowest BCUT2D eigenvalue weighted by molar-refractivity contribution is -0.114. The summed E-state index contributed by atoms with van der Waals surface area (Å²) in [4.78, 5) is 22.7. The summed E-state index contributed by atoms with van der Waals surface area (Å²) in [7, 11) is 0. The molecular formula is C16H15N3O3. The lowest BCUT2D eigenvalue weighted by atomic mass is 10.2. The number of hydrogen-bond acceptors (Lipinski definition) is 4. The van der Waals surface area contributed by atoms with Crippen LogP contribution in [-0.4, -0.2) is 23.1 Å². The number of amides is 2. The fraction of sp³-hybridized carbons (Fsp3) is 0.0625. The lowest BCUT2D eigenvalue weighted by Crippen LogP contribution is -2.17. The quantitative estimate of drug-likeness (QED) is 0.596. The van der Waals surface area contributed by atoms with Crippen molar-refractivity contribution in [1.29, 1.82) is 0 Å². The Morgan fingerprint density at radius 2 is 1.77 bits per heavy atom. The van der Waals surface area contributed by atoms with E-state index in [0.717, 1.165) is 5.56 Å². The van der Waals surface area contributed by atoms with E-state index in [1.807, 2.05) is 0 Å². The number of para-hydroxylation sites is 1. The van der Waals surface area contributed by atoms with Crippen molar-refractivity contribution in [2.45, 2.75) is 6.92 Å². The number of nitrogens with zero attached hydrogens (tertiary/aromatic N) is 1. The number of phenolic OH excluding ortho intramolecular Hbond substituents is 1. The van der Waals surface area contributed by atoms with Crippen LogP contribution < -0.4 is 10.7 Å². The van der Waals surface area contributed by atoms with Gasteiger partial charge in [0.1, 0.15) is 5.75 Å². The van der Waals surface area contributed by atoms with Crippen LogP contribution in [0.5, 0.6) is 5.75 Å². The number of phenols is 1. The van der Waals surface area contributed by atoms with E-state index in [-0.39, 0.29) is 17.2 Å². The summed E-state index contributed by atoms with van der Waals surface area (Å²) >= 11 is 0. The molecule has 6 heteroatoms. The van der Waals surface area contributed by atoms with Crippen molar-refractivity contribution in [2.24, 2.45) is 5.10 Å². The molecule has 0 heterocycles. The minimum Gasteiger partial charge on any atom is -0.507 e. The molecule has 2 aromatic carbocycles. The third kappa shape index (κ3) is 4.17. The summed E-state index contributed by atoms with van der Waals surface area (Å²) in [5.41, 5.74) is 3.93. The average molecular weight is 297 g/mol. The number of carbonyl (C=O) groups is 2. The Hall–Kier alpha value is -3.15. The third-order valence-corrected chi connectivity index (χ3v) is 2.76. The summed E-state index contributed by atoms with van der Waals surface area (Å²) < 4.78 is 0. The van der Waals surface area contributed by atoms with E-state index in [4.69, 9.17) is 0 Å². The number of benzene rings is 2. The van der Waals surface area contributed by atoms with Crippen molar-refractivity contribution in [3.8, 4) is 5.75 Å². The minimum absolute atomic E-state index is 0.102. The monoisotopic (exact) mass is 297 g/mol. The number of hydrogen-bond donors (Lipinski definition) is 3. The summed E-state index contributed by atoms with van der Waals surface area (Å²) in [6, 6.07) is 13.2. The Balaban J connectivity index is 1.96. The maximum absolute atomic E-state index is 11.8. The van der Waals surface area contributed by atoms with E-state index >= 15 is 0 Å². The molecule has 0 saturated carbocycles. The van der Waals surface area contributed by atoms with Crippen molar-refractivity contribution in [2.75, 3.05) is 5.32 Å². The van der Waals surface area contributed by atoms with Crippen LogP contribution in [0.4, 0.5) is 5.69 Å². The molecule has 0 aliphatic carbocycles. The van der Waals surface area contributed by atoms with E-state index in [0.29, 0.717) is 5.69 Å². The van der Waals surface area contributed by atoms with Crippen molar-refractivity contribution < 1.29 is 14.7 Å². The molecule has 0 saturated heterocycles. The topological polar surface area (TPSA) is 90.8 Å². The van der Waals surface area contributed by atoms with Gasteiger partial charge in [0.15, 0.2) is 0 Å². The van der Waals surface area contributed by atoms with Crippen LogP contribution in [0.15, 0.2) is 53.6 Å². The molecule has 0 aliphatic heterocycles. The van der Waals surface area contributed by atoms with E-state index in [2.05, 4.69) is 15.8 Å². The van der Waals surface area contributed by atoms with Gasteiger partial charge in [0.05, 0.1) is 11.8 Å². The van der Waals surface area contributed by atoms with Gasteiger partial charge in [0.25, 0.3) is 5.91 Å². The smallest absolute Gasteiger partial charge is 0.275 e. The van der Waals surface area contributed by atoms with Gasteiger partial charge < -0.3 is 10.4 Å². The second-order valence-electron chi connectivity index (χ2n) is 4.52. The number of nitrogens with one attached hydrogen (secondary N) is 2. The number of aromatic hydroxyl groups is 1. The maximum atomic E-state index is 11.8. The van der Waals surface area contributed by atoms with Crippen LogP contribution in [0.2, 0.25) is 0 Å². The van der Waals surface area contributed by atoms with Crippen molar-refractivity contribution in [3.63, 3.8) is 0 Å². The van der Waals surface area contributed by atoms with Gasteiger partial charge in [0, 0.05) is 12.6 Å². The molecule has 22 heavy (non-hydrogen) atoms. The number of carbonyl (C=O) groups excluding carboxylic acids is 2. The highest BCUT2D eigenvalue weighted by Gasteiger charge is 2.08. The Kier molecular flexibility index (Phi) is 4.87. The SMILES string of the molecule is CC(=O)Nc1ccc(C=NNC(=O)c2ccccc2O)cc1. The number of rotatable bonds is 4. The molecule has 0 aliphatic rings. The zero-order valence-electron chi connectivity index (χ0n) is 11.9. The molecule has 0 fully saturated rings. The molecule has 0 bridgehead atoms. The van der Waals surface area contributed by atoms with Gasteiger partial charge in [-0.1, -0.05) is 24.3 Å². The van der Waals surface area contributed by atoms with Gasteiger partial charge in [0.2, 0.25) is 5.91 Å². The lowest BCUT2D eigenvalue weighted by Gasteiger charge is -2.03. The predicted octanol–water partition coefficient (Wildman–Crippen LogP) is 2.11. The highest BCUT2D eigenvalue weighted by Crippen LogP contribution is 2.14. The second kappa shape index (κ2) is 7.03. The standard InChI is InChI=1S/C16H15N3O3/c1-11(20)18-13-8-6-12(7-9-13)10-17-19-16(22)14-4-2-3-5-15(14)21/h2-10,21H,1H3,(H,18,20)(H,19,22). The van der Waals surface area contributed by atoms with Crippen LogP contribution in [0.25, 0.3) is 0 Å². The molecule has 0 aromatic heterocycles. The fourth-order valence-electron chi connectivity index (χ4n) is 1.75. The van der Waals surface area contributed by atoms with Crippen LogP contribution in [0, 0.1) is 0 Å². The zero-order chi connectivity index (χ0) is 15.9. The first kappa shape index (κ1) is 15.2. The number of anilines is 1. The molecule has 2 aromatic rings. The molecule has 6 nitrogen and oxygen atoms in total. The molecule has 2 rings (SSSR count). The molecule has 2 amide bonds. The number of hydrazone groups is 1. The molecule has 0 atom stereocenters. The summed E-state index contributed by atoms with van der Waals surface area (Å²) in [6.45, 7) is 1.43. The van der Waals surface area contributed by atoms with Gasteiger partial charge >= 0.3 is 0 Å². The van der Waals surface area contributed by atoms with Gasteiger partial charge in [-0.05, 0) is 29.8 Å². The molecule has 112 valence electrons. The Labute approximate surface area is 127 Å². The predicted molar refractivity (Wildman–Crippen MR) is 83.9 cm³/mol.